The van der Waals surface area contributed by atoms with E-state index in [9.17, 15) is 0 Å². The quantitative estimate of drug-likeness (QED) is 0.792. The largest absolute Gasteiger partial charge is 0.487 e. The number of rotatable bonds is 5. The molecule has 0 bridgehead atoms. The van der Waals surface area contributed by atoms with Crippen LogP contribution in [0.5, 0.6) is 5.75 Å². The predicted octanol–water partition coefficient (Wildman–Crippen LogP) is 4.79. The molecule has 1 aromatic carbocycles. The first kappa shape index (κ1) is 14.8. The van der Waals surface area contributed by atoms with E-state index in [2.05, 4.69) is 11.9 Å². The van der Waals surface area contributed by atoms with Gasteiger partial charge >= 0.3 is 0 Å². The van der Waals surface area contributed by atoms with E-state index in [0.29, 0.717) is 6.61 Å². The fourth-order valence-corrected chi connectivity index (χ4v) is 3.51. The van der Waals surface area contributed by atoms with Crippen molar-refractivity contribution in [3.8, 4) is 5.75 Å². The monoisotopic (exact) mass is 323 g/mol. The Bertz CT molecular complexity index is 608. The highest BCUT2D eigenvalue weighted by molar-refractivity contribution is 7.09. The van der Waals surface area contributed by atoms with Crippen molar-refractivity contribution in [2.45, 2.75) is 38.9 Å². The number of halogens is 1. The van der Waals surface area contributed by atoms with Crippen molar-refractivity contribution in [3.05, 3.63) is 44.9 Å². The Morgan fingerprint density at radius 3 is 3.14 bits per heavy atom. The van der Waals surface area contributed by atoms with E-state index in [1.807, 2.05) is 23.6 Å². The molecule has 0 radical (unpaired) electrons. The van der Waals surface area contributed by atoms with Gasteiger partial charge in [-0.15, -0.1) is 11.3 Å². The molecule has 0 N–H and O–H groups in total. The van der Waals surface area contributed by atoms with Crippen molar-refractivity contribution in [2.75, 3.05) is 6.61 Å². The second kappa shape index (κ2) is 6.77. The van der Waals surface area contributed by atoms with Crippen LogP contribution in [-0.2, 0) is 17.8 Å². The average molecular weight is 324 g/mol. The molecule has 1 aromatic heterocycles. The van der Waals surface area contributed by atoms with Gasteiger partial charge in [-0.3, -0.25) is 0 Å². The van der Waals surface area contributed by atoms with Crippen LogP contribution in [0.4, 0.5) is 0 Å². The van der Waals surface area contributed by atoms with E-state index in [0.717, 1.165) is 52.9 Å². The van der Waals surface area contributed by atoms with Gasteiger partial charge in [-0.2, -0.15) is 0 Å². The van der Waals surface area contributed by atoms with Gasteiger partial charge in [-0.1, -0.05) is 18.5 Å². The third-order valence-corrected chi connectivity index (χ3v) is 4.91. The lowest BCUT2D eigenvalue weighted by Gasteiger charge is -2.07. The van der Waals surface area contributed by atoms with Crippen molar-refractivity contribution in [3.63, 3.8) is 0 Å². The van der Waals surface area contributed by atoms with Crippen molar-refractivity contribution in [1.82, 2.24) is 4.98 Å². The van der Waals surface area contributed by atoms with Crippen molar-refractivity contribution < 1.29 is 9.47 Å². The molecule has 1 atom stereocenters. The van der Waals surface area contributed by atoms with E-state index >= 15 is 0 Å². The van der Waals surface area contributed by atoms with Crippen LogP contribution < -0.4 is 4.74 Å². The standard InChI is InChI=1S/C16H18ClNO2S/c1-2-11-8-13(5-6-14(11)17)20-9-12-10-21-16(18-12)15-4-3-7-19-15/h5-6,8,10,15H,2-4,7,9H2,1H3. The van der Waals surface area contributed by atoms with E-state index in [-0.39, 0.29) is 6.10 Å². The molecule has 21 heavy (non-hydrogen) atoms. The summed E-state index contributed by atoms with van der Waals surface area (Å²) in [4.78, 5) is 4.61. The second-order valence-corrected chi connectivity index (χ2v) is 6.37. The molecule has 2 heterocycles. The normalized spacial score (nSPS) is 18.1. The summed E-state index contributed by atoms with van der Waals surface area (Å²) < 4.78 is 11.5. The highest BCUT2D eigenvalue weighted by atomic mass is 35.5. The number of aromatic nitrogens is 1. The Balaban J connectivity index is 1.62. The van der Waals surface area contributed by atoms with E-state index < -0.39 is 0 Å². The molecule has 3 nitrogen and oxygen atoms in total. The van der Waals surface area contributed by atoms with Gasteiger partial charge in [0.25, 0.3) is 0 Å². The maximum atomic E-state index is 6.11. The van der Waals surface area contributed by atoms with Gasteiger partial charge in [0.1, 0.15) is 23.5 Å². The first-order valence-electron chi connectivity index (χ1n) is 7.23. The van der Waals surface area contributed by atoms with Crippen LogP contribution in [0.2, 0.25) is 5.02 Å². The molecule has 5 heteroatoms. The summed E-state index contributed by atoms with van der Waals surface area (Å²) >= 11 is 7.76. The third kappa shape index (κ3) is 3.57. The Hall–Kier alpha value is -1.10. The van der Waals surface area contributed by atoms with E-state index in [1.54, 1.807) is 11.3 Å². The number of nitrogens with zero attached hydrogens (tertiary/aromatic N) is 1. The summed E-state index contributed by atoms with van der Waals surface area (Å²) in [5, 5.41) is 3.91. The molecule has 1 unspecified atom stereocenters. The Labute approximate surface area is 133 Å². The summed E-state index contributed by atoms with van der Waals surface area (Å²) in [5.41, 5.74) is 2.06. The van der Waals surface area contributed by atoms with Crippen LogP contribution in [0.3, 0.4) is 0 Å². The number of hydrogen-bond acceptors (Lipinski definition) is 4. The van der Waals surface area contributed by atoms with Gasteiger partial charge < -0.3 is 9.47 Å². The van der Waals surface area contributed by atoms with Crippen LogP contribution >= 0.6 is 22.9 Å². The summed E-state index contributed by atoms with van der Waals surface area (Å²) in [7, 11) is 0. The van der Waals surface area contributed by atoms with E-state index in [4.69, 9.17) is 21.1 Å². The topological polar surface area (TPSA) is 31.4 Å². The smallest absolute Gasteiger partial charge is 0.131 e. The van der Waals surface area contributed by atoms with Crippen LogP contribution in [0.1, 0.15) is 42.1 Å². The van der Waals surface area contributed by atoms with Gasteiger partial charge in [-0.25, -0.2) is 4.98 Å². The molecular formula is C16H18ClNO2S. The summed E-state index contributed by atoms with van der Waals surface area (Å²) in [5.74, 6) is 0.836. The van der Waals surface area contributed by atoms with Crippen LogP contribution in [0.25, 0.3) is 0 Å². The number of aryl methyl sites for hydroxylation is 1. The minimum atomic E-state index is 0.186. The molecule has 1 aliphatic rings. The molecule has 1 aliphatic heterocycles. The lowest BCUT2D eigenvalue weighted by atomic mass is 10.1. The minimum absolute atomic E-state index is 0.186. The Kier molecular flexibility index (Phi) is 4.78. The maximum Gasteiger partial charge on any atom is 0.131 e. The predicted molar refractivity (Wildman–Crippen MR) is 85.2 cm³/mol. The molecule has 3 rings (SSSR count). The first-order valence-corrected chi connectivity index (χ1v) is 8.49. The van der Waals surface area contributed by atoms with Crippen molar-refractivity contribution in [1.29, 1.82) is 0 Å². The third-order valence-electron chi connectivity index (χ3n) is 3.56. The molecule has 2 aromatic rings. The van der Waals surface area contributed by atoms with E-state index in [1.165, 1.54) is 0 Å². The Morgan fingerprint density at radius 1 is 1.48 bits per heavy atom. The molecule has 0 saturated carbocycles. The zero-order valence-electron chi connectivity index (χ0n) is 12.0. The minimum Gasteiger partial charge on any atom is -0.487 e. The Morgan fingerprint density at radius 2 is 2.38 bits per heavy atom. The lowest BCUT2D eigenvalue weighted by molar-refractivity contribution is 0.111. The van der Waals surface area contributed by atoms with Gasteiger partial charge in [0.2, 0.25) is 0 Å². The SMILES string of the molecule is CCc1cc(OCc2csc(C3CCCO3)n2)ccc1Cl. The number of ether oxygens (including phenoxy) is 2. The van der Waals surface area contributed by atoms with Gasteiger partial charge in [0.15, 0.2) is 0 Å². The highest BCUT2D eigenvalue weighted by Gasteiger charge is 2.20. The van der Waals surface area contributed by atoms with Gasteiger partial charge in [-0.05, 0) is 43.0 Å². The maximum absolute atomic E-state index is 6.11. The van der Waals surface area contributed by atoms with Crippen molar-refractivity contribution in [2.24, 2.45) is 0 Å². The van der Waals surface area contributed by atoms with Crippen LogP contribution in [0, 0.1) is 0 Å². The fraction of sp³-hybridized carbons (Fsp3) is 0.438. The first-order chi connectivity index (χ1) is 10.3. The van der Waals surface area contributed by atoms with Gasteiger partial charge in [0, 0.05) is 17.0 Å². The number of thiazole rings is 1. The highest BCUT2D eigenvalue weighted by Crippen LogP contribution is 2.31. The number of hydrogen-bond donors (Lipinski definition) is 0. The molecular weight excluding hydrogens is 306 g/mol. The lowest BCUT2D eigenvalue weighted by Crippen LogP contribution is -1.99. The zero-order chi connectivity index (χ0) is 14.7. The van der Waals surface area contributed by atoms with Crippen LogP contribution in [0.15, 0.2) is 23.6 Å². The number of benzene rings is 1. The summed E-state index contributed by atoms with van der Waals surface area (Å²) in [6.45, 7) is 3.41. The molecule has 0 spiro atoms. The second-order valence-electron chi connectivity index (χ2n) is 5.07. The van der Waals surface area contributed by atoms with Crippen molar-refractivity contribution >= 4 is 22.9 Å². The molecule has 112 valence electrons. The molecule has 0 amide bonds. The molecule has 1 fully saturated rings. The fourth-order valence-electron chi connectivity index (χ4n) is 2.38. The molecule has 0 aliphatic carbocycles. The molecule has 1 saturated heterocycles. The average Bonchev–Trinajstić information content (AvgIpc) is 3.17. The summed E-state index contributed by atoms with van der Waals surface area (Å²) in [6, 6.07) is 5.78. The summed E-state index contributed by atoms with van der Waals surface area (Å²) in [6.07, 6.45) is 3.28. The van der Waals surface area contributed by atoms with Gasteiger partial charge in [0.05, 0.1) is 5.69 Å². The zero-order valence-corrected chi connectivity index (χ0v) is 13.5. The van der Waals surface area contributed by atoms with Crippen LogP contribution in [-0.4, -0.2) is 11.6 Å².